The van der Waals surface area contributed by atoms with Crippen molar-refractivity contribution in [1.82, 2.24) is 15.0 Å². The largest absolute Gasteiger partial charge is 0.473 e. The van der Waals surface area contributed by atoms with Gasteiger partial charge < -0.3 is 15.2 Å². The summed E-state index contributed by atoms with van der Waals surface area (Å²) in [7, 11) is 1.58. The fourth-order valence-electron chi connectivity index (χ4n) is 3.05. The van der Waals surface area contributed by atoms with Crippen molar-refractivity contribution in [2.45, 2.75) is 43.6 Å². The summed E-state index contributed by atoms with van der Waals surface area (Å²) < 4.78 is 6.09. The lowest BCUT2D eigenvalue weighted by molar-refractivity contribution is 0.259. The number of thioether (sulfide) groups is 1. The number of nitrogens with zero attached hydrogens (tertiary/aromatic N) is 4. The minimum absolute atomic E-state index is 0.0133. The molecule has 3 rings (SSSR count). The number of thiazole rings is 1. The first-order valence-electron chi connectivity index (χ1n) is 9.70. The van der Waals surface area contributed by atoms with Crippen molar-refractivity contribution in [3.05, 3.63) is 35.4 Å². The van der Waals surface area contributed by atoms with Gasteiger partial charge in [-0.3, -0.25) is 0 Å². The molecule has 2 atom stereocenters. The molecule has 0 unspecified atom stereocenters. The zero-order valence-electron chi connectivity index (χ0n) is 17.4. The molecule has 0 aliphatic rings. The van der Waals surface area contributed by atoms with Gasteiger partial charge in [0.15, 0.2) is 16.6 Å². The van der Waals surface area contributed by atoms with Crippen LogP contribution in [0, 0.1) is 17.2 Å². The number of methoxy groups -OCH3 is 1. The maximum atomic E-state index is 9.80. The van der Waals surface area contributed by atoms with E-state index in [1.807, 2.05) is 18.2 Å². The van der Waals surface area contributed by atoms with Crippen LogP contribution in [0.15, 0.2) is 29.4 Å². The molecular weight excluding hydrogens is 418 g/mol. The maximum absolute atomic E-state index is 9.80. The predicted molar refractivity (Wildman–Crippen MR) is 121 cm³/mol. The number of benzene rings is 1. The molecule has 0 saturated heterocycles. The molecule has 2 heterocycles. The number of nitrogens with one attached hydrogen (secondary N) is 1. The molecule has 0 spiro atoms. The lowest BCUT2D eigenvalue weighted by Gasteiger charge is -2.19. The normalized spacial score (nSPS) is 13.2. The molecule has 7 nitrogen and oxygen atoms in total. The first-order valence-corrected chi connectivity index (χ1v) is 11.4. The van der Waals surface area contributed by atoms with Crippen molar-refractivity contribution in [3.8, 4) is 11.3 Å². The Labute approximate surface area is 184 Å². The van der Waals surface area contributed by atoms with E-state index in [0.29, 0.717) is 33.3 Å². The summed E-state index contributed by atoms with van der Waals surface area (Å²) in [6.45, 7) is 6.31. The SMILES string of the molecule is COc1nc2nc(S[C@@H](C)c3cccc(C#N)c3)nc(N[C@@H](CO)CC(C)C)c2s1. The van der Waals surface area contributed by atoms with Gasteiger partial charge in [-0.2, -0.15) is 10.2 Å². The molecule has 1 aromatic carbocycles. The van der Waals surface area contributed by atoms with Crippen molar-refractivity contribution in [2.24, 2.45) is 5.92 Å². The van der Waals surface area contributed by atoms with E-state index in [-0.39, 0.29) is 17.9 Å². The van der Waals surface area contributed by atoms with Crippen LogP contribution in [-0.4, -0.2) is 39.8 Å². The highest BCUT2D eigenvalue weighted by molar-refractivity contribution is 7.99. The first-order chi connectivity index (χ1) is 14.4. The number of hydrogen-bond donors (Lipinski definition) is 2. The molecule has 9 heteroatoms. The Kier molecular flexibility index (Phi) is 7.48. The number of aromatic nitrogens is 3. The molecule has 0 radical (unpaired) electrons. The average Bonchev–Trinajstić information content (AvgIpc) is 3.16. The molecule has 2 N–H and O–H groups in total. The van der Waals surface area contributed by atoms with Gasteiger partial charge in [0.25, 0.3) is 5.19 Å². The third-order valence-corrected chi connectivity index (χ3v) is 6.50. The highest BCUT2D eigenvalue weighted by atomic mass is 32.2. The Hall–Kier alpha value is -2.41. The van der Waals surface area contributed by atoms with E-state index < -0.39 is 0 Å². The van der Waals surface area contributed by atoms with Gasteiger partial charge in [-0.15, -0.1) is 0 Å². The fraction of sp³-hybridized carbons (Fsp3) is 0.429. The van der Waals surface area contributed by atoms with E-state index in [1.165, 1.54) is 23.1 Å². The van der Waals surface area contributed by atoms with E-state index in [4.69, 9.17) is 15.0 Å². The van der Waals surface area contributed by atoms with Gasteiger partial charge in [0.05, 0.1) is 31.4 Å². The standard InChI is InChI=1S/C21H25N5O2S2/c1-12(2)8-16(11-27)23-18-17-19(26-21(28-4)30-17)25-20(24-18)29-13(3)15-7-5-6-14(9-15)10-22/h5-7,9,12-13,16,27H,8,11H2,1-4H3,(H,23,24,25)/t13-,16+/m0/s1. The molecule has 0 bridgehead atoms. The fourth-order valence-corrected chi connectivity index (χ4v) is 4.71. The van der Waals surface area contributed by atoms with Crippen LogP contribution in [0.4, 0.5) is 5.82 Å². The first kappa shape index (κ1) is 22.3. The smallest absolute Gasteiger partial charge is 0.275 e. The summed E-state index contributed by atoms with van der Waals surface area (Å²) in [4.78, 5) is 13.8. The predicted octanol–water partition coefficient (Wildman–Crippen LogP) is 4.64. The van der Waals surface area contributed by atoms with E-state index >= 15 is 0 Å². The zero-order valence-corrected chi connectivity index (χ0v) is 19.0. The Balaban J connectivity index is 1.93. The van der Waals surface area contributed by atoms with Gasteiger partial charge in [-0.25, -0.2) is 9.97 Å². The van der Waals surface area contributed by atoms with Gasteiger partial charge in [0.2, 0.25) is 0 Å². The van der Waals surface area contributed by atoms with E-state index in [1.54, 1.807) is 13.2 Å². The van der Waals surface area contributed by atoms with Crippen LogP contribution in [0.1, 0.15) is 43.6 Å². The van der Waals surface area contributed by atoms with Crippen LogP contribution < -0.4 is 10.1 Å². The van der Waals surface area contributed by atoms with E-state index in [0.717, 1.165) is 16.7 Å². The second kappa shape index (κ2) is 10.1. The van der Waals surface area contributed by atoms with Gasteiger partial charge in [-0.1, -0.05) is 49.1 Å². The van der Waals surface area contributed by atoms with Gasteiger partial charge in [0, 0.05) is 5.25 Å². The number of aliphatic hydroxyl groups excluding tert-OH is 1. The summed E-state index contributed by atoms with van der Waals surface area (Å²) in [6.07, 6.45) is 0.817. The summed E-state index contributed by atoms with van der Waals surface area (Å²) in [5.74, 6) is 1.09. The number of nitriles is 1. The van der Waals surface area contributed by atoms with Crippen molar-refractivity contribution >= 4 is 39.3 Å². The topological polar surface area (TPSA) is 104 Å². The molecule has 0 aliphatic carbocycles. The Bertz CT molecular complexity index is 1050. The average molecular weight is 444 g/mol. The zero-order chi connectivity index (χ0) is 21.7. The van der Waals surface area contributed by atoms with Crippen LogP contribution in [0.3, 0.4) is 0 Å². The molecule has 0 aliphatic heterocycles. The maximum Gasteiger partial charge on any atom is 0.275 e. The monoisotopic (exact) mass is 443 g/mol. The molecule has 2 aromatic heterocycles. The third kappa shape index (κ3) is 5.39. The minimum Gasteiger partial charge on any atom is -0.473 e. The quantitative estimate of drug-likeness (QED) is 0.364. The Morgan fingerprint density at radius 2 is 2.07 bits per heavy atom. The lowest BCUT2D eigenvalue weighted by Crippen LogP contribution is -2.26. The summed E-state index contributed by atoms with van der Waals surface area (Å²) in [5, 5.41) is 23.5. The molecule has 30 heavy (non-hydrogen) atoms. The lowest BCUT2D eigenvalue weighted by atomic mass is 10.0. The van der Waals surface area contributed by atoms with E-state index in [9.17, 15) is 5.11 Å². The number of hydrogen-bond acceptors (Lipinski definition) is 9. The minimum atomic E-state index is -0.112. The van der Waals surface area contributed by atoms with Crippen LogP contribution in [0.5, 0.6) is 5.19 Å². The number of rotatable bonds is 9. The molecule has 3 aromatic rings. The number of aliphatic hydroxyl groups is 1. The van der Waals surface area contributed by atoms with E-state index in [2.05, 4.69) is 42.1 Å². The Morgan fingerprint density at radius 3 is 2.73 bits per heavy atom. The van der Waals surface area contributed by atoms with Crippen LogP contribution in [0.25, 0.3) is 10.3 Å². The molecule has 0 saturated carbocycles. The third-order valence-electron chi connectivity index (χ3n) is 4.47. The summed E-state index contributed by atoms with van der Waals surface area (Å²) in [6, 6.07) is 9.60. The highest BCUT2D eigenvalue weighted by Crippen LogP contribution is 2.37. The second-order valence-electron chi connectivity index (χ2n) is 7.34. The summed E-state index contributed by atoms with van der Waals surface area (Å²) in [5.41, 5.74) is 2.22. The summed E-state index contributed by atoms with van der Waals surface area (Å²) >= 11 is 2.88. The number of ether oxygens (including phenoxy) is 1. The number of fused-ring (bicyclic) bond motifs is 1. The van der Waals surface area contributed by atoms with Crippen molar-refractivity contribution in [3.63, 3.8) is 0 Å². The highest BCUT2D eigenvalue weighted by Gasteiger charge is 2.19. The Morgan fingerprint density at radius 1 is 1.27 bits per heavy atom. The van der Waals surface area contributed by atoms with Crippen molar-refractivity contribution < 1.29 is 9.84 Å². The van der Waals surface area contributed by atoms with Crippen molar-refractivity contribution in [1.29, 1.82) is 5.26 Å². The molecular formula is C21H25N5O2S2. The molecule has 0 amide bonds. The van der Waals surface area contributed by atoms with Gasteiger partial charge in [0.1, 0.15) is 4.70 Å². The molecule has 158 valence electrons. The van der Waals surface area contributed by atoms with Crippen LogP contribution in [-0.2, 0) is 0 Å². The molecule has 0 fully saturated rings. The van der Waals surface area contributed by atoms with Crippen LogP contribution in [0.2, 0.25) is 0 Å². The van der Waals surface area contributed by atoms with Gasteiger partial charge in [-0.05, 0) is 37.0 Å². The number of anilines is 1. The van der Waals surface area contributed by atoms with Gasteiger partial charge >= 0.3 is 0 Å². The second-order valence-corrected chi connectivity index (χ2v) is 9.61. The van der Waals surface area contributed by atoms with Crippen molar-refractivity contribution in [2.75, 3.05) is 19.0 Å². The van der Waals surface area contributed by atoms with Crippen LogP contribution >= 0.6 is 23.1 Å².